The van der Waals surface area contributed by atoms with E-state index in [1.54, 1.807) is 43.1 Å². The highest BCUT2D eigenvalue weighted by atomic mass is 16.6. The molecular weight excluding hydrogens is 336 g/mol. The van der Waals surface area contributed by atoms with Gasteiger partial charge in [-0.3, -0.25) is 4.79 Å². The molecule has 1 fully saturated rings. The molecule has 0 aliphatic carbocycles. The van der Waals surface area contributed by atoms with Crippen LogP contribution in [0.25, 0.3) is 6.08 Å². The van der Waals surface area contributed by atoms with Gasteiger partial charge in [0.15, 0.2) is 11.5 Å². The number of carbonyl (C=O) groups excluding carboxylic acids is 2. The molecule has 1 aliphatic rings. The van der Waals surface area contributed by atoms with Gasteiger partial charge in [-0.15, -0.1) is 0 Å². The van der Waals surface area contributed by atoms with Crippen LogP contribution in [-0.2, 0) is 4.74 Å². The van der Waals surface area contributed by atoms with E-state index in [-0.39, 0.29) is 12.0 Å². The van der Waals surface area contributed by atoms with E-state index in [1.807, 2.05) is 19.1 Å². The van der Waals surface area contributed by atoms with Crippen LogP contribution in [0.15, 0.2) is 18.2 Å². The fraction of sp³-hybridized carbons (Fsp3) is 0.474. The number of hydrogen-bond acceptors (Lipinski definition) is 5. The first-order valence-electron chi connectivity index (χ1n) is 8.65. The Labute approximate surface area is 154 Å². The van der Waals surface area contributed by atoms with Crippen LogP contribution in [0.5, 0.6) is 11.5 Å². The van der Waals surface area contributed by atoms with Crippen LogP contribution in [0, 0.1) is 0 Å². The molecule has 0 bridgehead atoms. The summed E-state index contributed by atoms with van der Waals surface area (Å²) < 4.78 is 15.8. The average Bonchev–Trinajstić information content (AvgIpc) is 2.67. The number of allylic oxidation sites excluding steroid dienone is 1. The molecule has 0 unspecified atom stereocenters. The normalized spacial score (nSPS) is 14.5. The summed E-state index contributed by atoms with van der Waals surface area (Å²) >= 11 is 0. The topological polar surface area (TPSA) is 68.3 Å². The van der Waals surface area contributed by atoms with Crippen molar-refractivity contribution in [3.8, 4) is 11.5 Å². The number of nitrogens with zero attached hydrogens (tertiary/aromatic N) is 2. The molecule has 1 aromatic carbocycles. The Morgan fingerprint density at radius 2 is 1.73 bits per heavy atom. The molecule has 1 saturated heterocycles. The first kappa shape index (κ1) is 19.6. The number of ether oxygens (including phenoxy) is 3. The Hall–Kier alpha value is -2.70. The first-order valence-corrected chi connectivity index (χ1v) is 8.65. The first-order chi connectivity index (χ1) is 12.5. The molecule has 0 atom stereocenters. The lowest BCUT2D eigenvalue weighted by molar-refractivity contribution is 0.0570. The summed E-state index contributed by atoms with van der Waals surface area (Å²) in [4.78, 5) is 28.0. The standard InChI is InChI=1S/C19H26N2O5/c1-5-7-14-12-15(13-16(24-3)17(14)25-4)18(22)20-8-10-21(11-9-20)19(23)26-6-2/h5,7,12-13H,6,8-11H2,1-4H3. The number of methoxy groups -OCH3 is 2. The lowest BCUT2D eigenvalue weighted by Crippen LogP contribution is -2.50. The third kappa shape index (κ3) is 4.28. The van der Waals surface area contributed by atoms with Crippen LogP contribution in [0.3, 0.4) is 0 Å². The van der Waals surface area contributed by atoms with E-state index in [0.717, 1.165) is 5.56 Å². The smallest absolute Gasteiger partial charge is 0.409 e. The Kier molecular flexibility index (Phi) is 6.89. The number of rotatable bonds is 5. The number of amides is 2. The van der Waals surface area contributed by atoms with Crippen molar-refractivity contribution in [2.45, 2.75) is 13.8 Å². The van der Waals surface area contributed by atoms with E-state index in [0.29, 0.717) is 49.8 Å². The van der Waals surface area contributed by atoms with Crippen molar-refractivity contribution in [2.24, 2.45) is 0 Å². The Morgan fingerprint density at radius 1 is 1.08 bits per heavy atom. The van der Waals surface area contributed by atoms with Crippen molar-refractivity contribution >= 4 is 18.1 Å². The zero-order chi connectivity index (χ0) is 19.1. The van der Waals surface area contributed by atoms with Gasteiger partial charge in [0.1, 0.15) is 0 Å². The highest BCUT2D eigenvalue weighted by Crippen LogP contribution is 2.34. The van der Waals surface area contributed by atoms with E-state index < -0.39 is 0 Å². The largest absolute Gasteiger partial charge is 0.493 e. The molecular formula is C19H26N2O5. The molecule has 1 aromatic rings. The van der Waals surface area contributed by atoms with Gasteiger partial charge in [0.25, 0.3) is 5.91 Å². The summed E-state index contributed by atoms with van der Waals surface area (Å²) in [6.07, 6.45) is 3.42. The lowest BCUT2D eigenvalue weighted by Gasteiger charge is -2.34. The molecule has 0 aromatic heterocycles. The quantitative estimate of drug-likeness (QED) is 0.805. The van der Waals surface area contributed by atoms with Crippen LogP contribution in [0.2, 0.25) is 0 Å². The SMILES string of the molecule is CC=Cc1cc(C(=O)N2CCN(C(=O)OCC)CC2)cc(OC)c1OC. The second-order valence-electron chi connectivity index (χ2n) is 5.78. The third-order valence-electron chi connectivity index (χ3n) is 4.19. The van der Waals surface area contributed by atoms with E-state index >= 15 is 0 Å². The predicted octanol–water partition coefficient (Wildman–Crippen LogP) is 2.65. The lowest BCUT2D eigenvalue weighted by atomic mass is 10.1. The number of carbonyl (C=O) groups is 2. The average molecular weight is 362 g/mol. The Morgan fingerprint density at radius 3 is 2.27 bits per heavy atom. The summed E-state index contributed by atoms with van der Waals surface area (Å²) in [6, 6.07) is 3.48. The molecule has 142 valence electrons. The van der Waals surface area contributed by atoms with E-state index in [2.05, 4.69) is 0 Å². The maximum absolute atomic E-state index is 12.9. The predicted molar refractivity (Wildman–Crippen MR) is 98.8 cm³/mol. The highest BCUT2D eigenvalue weighted by Gasteiger charge is 2.26. The summed E-state index contributed by atoms with van der Waals surface area (Å²) in [6.45, 7) is 5.86. The Balaban J connectivity index is 2.17. The minimum atomic E-state index is -0.332. The van der Waals surface area contributed by atoms with Gasteiger partial charge >= 0.3 is 6.09 Å². The summed E-state index contributed by atoms with van der Waals surface area (Å²) in [5, 5.41) is 0. The molecule has 1 aliphatic heterocycles. The monoisotopic (exact) mass is 362 g/mol. The van der Waals surface area contributed by atoms with Crippen LogP contribution >= 0.6 is 0 Å². The molecule has 26 heavy (non-hydrogen) atoms. The second-order valence-corrected chi connectivity index (χ2v) is 5.78. The molecule has 7 nitrogen and oxygen atoms in total. The van der Waals surface area contributed by atoms with Crippen molar-refractivity contribution in [3.05, 3.63) is 29.3 Å². The molecule has 0 spiro atoms. The molecule has 1 heterocycles. The van der Waals surface area contributed by atoms with Crippen molar-refractivity contribution < 1.29 is 23.8 Å². The molecule has 7 heteroatoms. The van der Waals surface area contributed by atoms with Gasteiger partial charge in [-0.25, -0.2) is 4.79 Å². The number of benzene rings is 1. The fourth-order valence-corrected chi connectivity index (χ4v) is 2.91. The third-order valence-corrected chi connectivity index (χ3v) is 4.19. The van der Waals surface area contributed by atoms with E-state index in [1.165, 1.54) is 0 Å². The van der Waals surface area contributed by atoms with Gasteiger partial charge in [0.05, 0.1) is 20.8 Å². The second kappa shape index (κ2) is 9.12. The van der Waals surface area contributed by atoms with Crippen molar-refractivity contribution in [1.82, 2.24) is 9.80 Å². The van der Waals surface area contributed by atoms with Crippen molar-refractivity contribution in [1.29, 1.82) is 0 Å². The molecule has 0 saturated carbocycles. The van der Waals surface area contributed by atoms with Gasteiger partial charge in [-0.1, -0.05) is 12.2 Å². The Bertz CT molecular complexity index is 679. The number of hydrogen-bond donors (Lipinski definition) is 0. The minimum absolute atomic E-state index is 0.0970. The fourth-order valence-electron chi connectivity index (χ4n) is 2.91. The van der Waals surface area contributed by atoms with Crippen LogP contribution < -0.4 is 9.47 Å². The zero-order valence-corrected chi connectivity index (χ0v) is 15.8. The van der Waals surface area contributed by atoms with E-state index in [9.17, 15) is 9.59 Å². The number of piperazine rings is 1. The molecule has 0 N–H and O–H groups in total. The summed E-state index contributed by atoms with van der Waals surface area (Å²) in [7, 11) is 3.12. The highest BCUT2D eigenvalue weighted by molar-refractivity contribution is 5.96. The van der Waals surface area contributed by atoms with Crippen molar-refractivity contribution in [2.75, 3.05) is 47.0 Å². The van der Waals surface area contributed by atoms with Gasteiger partial charge in [-0.05, 0) is 26.0 Å². The van der Waals surface area contributed by atoms with Gasteiger partial charge < -0.3 is 24.0 Å². The van der Waals surface area contributed by atoms with E-state index in [4.69, 9.17) is 14.2 Å². The summed E-state index contributed by atoms with van der Waals surface area (Å²) in [5.74, 6) is 1.01. The van der Waals surface area contributed by atoms with Crippen LogP contribution in [0.1, 0.15) is 29.8 Å². The van der Waals surface area contributed by atoms with Gasteiger partial charge in [-0.2, -0.15) is 0 Å². The van der Waals surface area contributed by atoms with Gasteiger partial charge in [0.2, 0.25) is 0 Å². The summed E-state index contributed by atoms with van der Waals surface area (Å²) in [5.41, 5.74) is 1.31. The van der Waals surface area contributed by atoms with Crippen LogP contribution in [-0.4, -0.2) is 68.8 Å². The molecule has 2 rings (SSSR count). The maximum Gasteiger partial charge on any atom is 0.409 e. The maximum atomic E-state index is 12.9. The minimum Gasteiger partial charge on any atom is -0.493 e. The molecule has 2 amide bonds. The van der Waals surface area contributed by atoms with Crippen LogP contribution in [0.4, 0.5) is 4.79 Å². The zero-order valence-electron chi connectivity index (χ0n) is 15.8. The van der Waals surface area contributed by atoms with Gasteiger partial charge in [0, 0.05) is 37.3 Å². The van der Waals surface area contributed by atoms with Crippen molar-refractivity contribution in [3.63, 3.8) is 0 Å². The molecule has 0 radical (unpaired) electrons.